The molecule has 0 aromatic heterocycles. The van der Waals surface area contributed by atoms with E-state index in [0.717, 1.165) is 11.3 Å². The lowest BCUT2D eigenvalue weighted by molar-refractivity contribution is -0.167. The highest BCUT2D eigenvalue weighted by molar-refractivity contribution is 5.71. The number of likely N-dealkylation sites (N-methyl/N-ethyl adjacent to an activating group) is 1. The van der Waals surface area contributed by atoms with E-state index in [-0.39, 0.29) is 25.9 Å². The normalized spacial score (nSPS) is 14.4. The Kier molecular flexibility index (Phi) is 7.72. The monoisotopic (exact) mass is 381 g/mol. The quantitative estimate of drug-likeness (QED) is 0.480. The number of hydrogen-bond donors (Lipinski definition) is 0. The predicted octanol–water partition coefficient (Wildman–Crippen LogP) is 2.73. The van der Waals surface area contributed by atoms with Crippen molar-refractivity contribution in [2.45, 2.75) is 45.9 Å². The number of esters is 1. The maximum absolute atomic E-state index is 12.4. The molecule has 1 aliphatic rings. The van der Waals surface area contributed by atoms with Gasteiger partial charge in [-0.2, -0.15) is 0 Å². The third-order valence-electron chi connectivity index (χ3n) is 4.15. The summed E-state index contributed by atoms with van der Waals surface area (Å²) in [6.45, 7) is 6.26. The van der Waals surface area contributed by atoms with Gasteiger partial charge in [0.2, 0.25) is 13.1 Å². The van der Waals surface area contributed by atoms with Crippen molar-refractivity contribution in [3.63, 3.8) is 0 Å². The van der Waals surface area contributed by atoms with E-state index in [1.165, 1.54) is 14.0 Å². The molecular weight excluding hydrogens is 354 g/mol. The van der Waals surface area contributed by atoms with Gasteiger partial charge < -0.3 is 28.6 Å². The fourth-order valence-electron chi connectivity index (χ4n) is 2.80. The van der Waals surface area contributed by atoms with E-state index in [0.29, 0.717) is 18.7 Å². The van der Waals surface area contributed by atoms with Gasteiger partial charge in [0.05, 0.1) is 13.0 Å². The minimum absolute atomic E-state index is 0.108. The van der Waals surface area contributed by atoms with E-state index in [1.807, 2.05) is 32.0 Å². The van der Waals surface area contributed by atoms with Crippen LogP contribution in [0.25, 0.3) is 0 Å². The van der Waals surface area contributed by atoms with Gasteiger partial charge in [-0.1, -0.05) is 6.07 Å². The van der Waals surface area contributed by atoms with Crippen molar-refractivity contribution in [2.24, 2.45) is 0 Å². The van der Waals surface area contributed by atoms with Crippen molar-refractivity contribution in [1.29, 1.82) is 0 Å². The van der Waals surface area contributed by atoms with Crippen molar-refractivity contribution < 1.29 is 33.3 Å². The van der Waals surface area contributed by atoms with Gasteiger partial charge in [0.1, 0.15) is 0 Å². The number of nitrogens with zero attached hydrogens (tertiary/aromatic N) is 1. The molecule has 2 unspecified atom stereocenters. The zero-order chi connectivity index (χ0) is 19.8. The Morgan fingerprint density at radius 1 is 1.19 bits per heavy atom. The van der Waals surface area contributed by atoms with Crippen molar-refractivity contribution in [3.8, 4) is 11.5 Å². The Labute approximate surface area is 159 Å². The average Bonchev–Trinajstić information content (AvgIpc) is 3.08. The molecule has 0 spiro atoms. The van der Waals surface area contributed by atoms with Gasteiger partial charge in [0, 0.05) is 26.6 Å². The first kappa shape index (κ1) is 20.8. The Balaban J connectivity index is 1.88. The molecule has 1 aromatic carbocycles. The molecule has 0 bridgehead atoms. The molecule has 0 saturated carbocycles. The van der Waals surface area contributed by atoms with Gasteiger partial charge in [0.25, 0.3) is 0 Å². The second kappa shape index (κ2) is 10.0. The van der Waals surface area contributed by atoms with E-state index >= 15 is 0 Å². The number of rotatable bonds is 9. The van der Waals surface area contributed by atoms with Crippen LogP contribution in [0.3, 0.4) is 0 Å². The summed E-state index contributed by atoms with van der Waals surface area (Å²) >= 11 is 0. The fourth-order valence-corrected chi connectivity index (χ4v) is 2.80. The van der Waals surface area contributed by atoms with E-state index in [1.54, 1.807) is 4.90 Å². The van der Waals surface area contributed by atoms with Crippen molar-refractivity contribution >= 4 is 12.1 Å². The van der Waals surface area contributed by atoms with Crippen LogP contribution >= 0.6 is 0 Å². The summed E-state index contributed by atoms with van der Waals surface area (Å²) in [5, 5.41) is 0. The standard InChI is InChI=1S/C19H27NO7/c1-5-20(19(22)27-14(3)26-18(21)8-9-23-4)13(2)10-15-6-7-16-17(11-15)25-12-24-16/h6-7,11,13-14H,5,8-10,12H2,1-4H3. The summed E-state index contributed by atoms with van der Waals surface area (Å²) < 4.78 is 25.8. The van der Waals surface area contributed by atoms with Gasteiger partial charge in [-0.25, -0.2) is 4.79 Å². The summed E-state index contributed by atoms with van der Waals surface area (Å²) in [6, 6.07) is 5.61. The summed E-state index contributed by atoms with van der Waals surface area (Å²) in [5.74, 6) is 0.956. The molecule has 1 aliphatic heterocycles. The van der Waals surface area contributed by atoms with Crippen molar-refractivity contribution in [1.82, 2.24) is 4.90 Å². The van der Waals surface area contributed by atoms with Crippen LogP contribution in [0, 0.1) is 0 Å². The number of hydrogen-bond acceptors (Lipinski definition) is 7. The highest BCUT2D eigenvalue weighted by atomic mass is 16.7. The fraction of sp³-hybridized carbons (Fsp3) is 0.579. The molecule has 0 saturated heterocycles. The molecule has 8 heteroatoms. The molecule has 2 rings (SSSR count). The average molecular weight is 381 g/mol. The lowest BCUT2D eigenvalue weighted by atomic mass is 10.1. The van der Waals surface area contributed by atoms with Crippen LogP contribution in [-0.4, -0.2) is 56.3 Å². The summed E-state index contributed by atoms with van der Waals surface area (Å²) in [6.07, 6.45) is -0.760. The summed E-state index contributed by atoms with van der Waals surface area (Å²) in [4.78, 5) is 25.6. The smallest absolute Gasteiger partial charge is 0.413 e. The molecule has 0 radical (unpaired) electrons. The second-order valence-electron chi connectivity index (χ2n) is 6.21. The minimum Gasteiger partial charge on any atom is -0.454 e. The van der Waals surface area contributed by atoms with Crippen LogP contribution in [0.1, 0.15) is 32.8 Å². The third-order valence-corrected chi connectivity index (χ3v) is 4.15. The minimum atomic E-state index is -0.964. The molecule has 0 fully saturated rings. The molecule has 2 atom stereocenters. The highest BCUT2D eigenvalue weighted by Gasteiger charge is 2.24. The summed E-state index contributed by atoms with van der Waals surface area (Å²) in [7, 11) is 1.50. The molecule has 0 aliphatic carbocycles. The summed E-state index contributed by atoms with van der Waals surface area (Å²) in [5.41, 5.74) is 1.03. The number of carbonyl (C=O) groups excluding carboxylic acids is 2. The van der Waals surface area contributed by atoms with Crippen LogP contribution in [-0.2, 0) is 25.4 Å². The van der Waals surface area contributed by atoms with Crippen LogP contribution in [0.2, 0.25) is 0 Å². The molecule has 0 N–H and O–H groups in total. The molecule has 27 heavy (non-hydrogen) atoms. The predicted molar refractivity (Wildman–Crippen MR) is 96.6 cm³/mol. The second-order valence-corrected chi connectivity index (χ2v) is 6.21. The molecule has 1 amide bonds. The number of carbonyl (C=O) groups is 2. The number of ether oxygens (including phenoxy) is 5. The van der Waals surface area contributed by atoms with E-state index in [9.17, 15) is 9.59 Å². The maximum atomic E-state index is 12.4. The Hall–Kier alpha value is -2.48. The SMILES string of the molecule is CCN(C(=O)OC(C)OC(=O)CCOC)C(C)Cc1ccc2c(c1)OCO2. The Bertz CT molecular complexity index is 649. The first-order chi connectivity index (χ1) is 12.9. The van der Waals surface area contributed by atoms with Crippen LogP contribution in [0.5, 0.6) is 11.5 Å². The number of fused-ring (bicyclic) bond motifs is 1. The third kappa shape index (κ3) is 6.02. The maximum Gasteiger partial charge on any atom is 0.413 e. The largest absolute Gasteiger partial charge is 0.454 e. The first-order valence-electron chi connectivity index (χ1n) is 8.98. The molecule has 8 nitrogen and oxygen atoms in total. The zero-order valence-corrected chi connectivity index (χ0v) is 16.2. The van der Waals surface area contributed by atoms with Gasteiger partial charge in [-0.3, -0.25) is 4.79 Å². The topological polar surface area (TPSA) is 83.5 Å². The zero-order valence-electron chi connectivity index (χ0n) is 16.2. The van der Waals surface area contributed by atoms with Crippen molar-refractivity contribution in [3.05, 3.63) is 23.8 Å². The highest BCUT2D eigenvalue weighted by Crippen LogP contribution is 2.33. The van der Waals surface area contributed by atoms with E-state index < -0.39 is 18.4 Å². The lowest BCUT2D eigenvalue weighted by Crippen LogP contribution is -2.41. The molecular formula is C19H27NO7. The first-order valence-corrected chi connectivity index (χ1v) is 8.98. The van der Waals surface area contributed by atoms with Gasteiger partial charge in [-0.05, 0) is 38.0 Å². The van der Waals surface area contributed by atoms with Gasteiger partial charge in [-0.15, -0.1) is 0 Å². The van der Waals surface area contributed by atoms with Crippen molar-refractivity contribution in [2.75, 3.05) is 27.1 Å². The van der Waals surface area contributed by atoms with Crippen LogP contribution in [0.15, 0.2) is 18.2 Å². The number of methoxy groups -OCH3 is 1. The number of benzene rings is 1. The van der Waals surface area contributed by atoms with Crippen LogP contribution < -0.4 is 9.47 Å². The van der Waals surface area contributed by atoms with E-state index in [4.69, 9.17) is 23.7 Å². The molecule has 1 heterocycles. The molecule has 1 aromatic rings. The van der Waals surface area contributed by atoms with Crippen LogP contribution in [0.4, 0.5) is 4.79 Å². The van der Waals surface area contributed by atoms with Gasteiger partial charge >= 0.3 is 12.1 Å². The molecule has 150 valence electrons. The van der Waals surface area contributed by atoms with E-state index in [2.05, 4.69) is 0 Å². The van der Waals surface area contributed by atoms with Gasteiger partial charge in [0.15, 0.2) is 11.5 Å². The Morgan fingerprint density at radius 2 is 1.93 bits per heavy atom. The Morgan fingerprint density at radius 3 is 2.63 bits per heavy atom. The number of amides is 1. The lowest BCUT2D eigenvalue weighted by Gasteiger charge is -2.28.